The average Bonchev–Trinajstić information content (AvgIpc) is 3.12. The van der Waals surface area contributed by atoms with E-state index in [0.717, 1.165) is 24.1 Å². The molecule has 0 aromatic heterocycles. The molecule has 1 aliphatic rings. The first kappa shape index (κ1) is 12.3. The largest absolute Gasteiger partial charge is 0.293 e. The van der Waals surface area contributed by atoms with Gasteiger partial charge in [-0.3, -0.25) is 9.69 Å². The molecule has 1 fully saturated rings. The van der Waals surface area contributed by atoms with Crippen molar-refractivity contribution >= 4 is 5.78 Å². The lowest BCUT2D eigenvalue weighted by Crippen LogP contribution is -2.32. The first-order chi connectivity index (χ1) is 8.22. The minimum atomic E-state index is 0.267. The second kappa shape index (κ2) is 5.46. The molecule has 0 unspecified atom stereocenters. The number of aryl methyl sites for hydroxylation is 1. The molecule has 1 saturated carbocycles. The summed E-state index contributed by atoms with van der Waals surface area (Å²) >= 11 is 0. The summed E-state index contributed by atoms with van der Waals surface area (Å²) in [5.74, 6) is 0.267. The maximum atomic E-state index is 12.2. The maximum Gasteiger partial charge on any atom is 0.177 e. The zero-order valence-electron chi connectivity index (χ0n) is 10.8. The molecule has 2 nitrogen and oxygen atoms in total. The van der Waals surface area contributed by atoms with Gasteiger partial charge in [-0.25, -0.2) is 0 Å². The third-order valence-corrected chi connectivity index (χ3v) is 3.37. The number of carbonyl (C=O) groups is 1. The van der Waals surface area contributed by atoms with Gasteiger partial charge < -0.3 is 0 Å². The first-order valence-electron chi connectivity index (χ1n) is 6.55. The Hall–Kier alpha value is -1.15. The number of hydrogen-bond donors (Lipinski definition) is 0. The highest BCUT2D eigenvalue weighted by Gasteiger charge is 2.29. The second-order valence-corrected chi connectivity index (χ2v) is 4.94. The van der Waals surface area contributed by atoms with Crippen molar-refractivity contribution in [3.8, 4) is 0 Å². The Bertz CT molecular complexity index is 396. The van der Waals surface area contributed by atoms with Crippen molar-refractivity contribution in [1.82, 2.24) is 4.90 Å². The highest BCUT2D eigenvalue weighted by molar-refractivity contribution is 5.98. The van der Waals surface area contributed by atoms with Crippen LogP contribution in [0.3, 0.4) is 0 Å². The molecule has 0 atom stereocenters. The van der Waals surface area contributed by atoms with Gasteiger partial charge >= 0.3 is 0 Å². The summed E-state index contributed by atoms with van der Waals surface area (Å²) in [5, 5.41) is 0. The number of benzene rings is 1. The van der Waals surface area contributed by atoms with Gasteiger partial charge in [-0.05, 0) is 38.3 Å². The molecule has 17 heavy (non-hydrogen) atoms. The molecule has 0 bridgehead atoms. The fourth-order valence-electron chi connectivity index (χ4n) is 2.27. The summed E-state index contributed by atoms with van der Waals surface area (Å²) in [6.45, 7) is 5.81. The van der Waals surface area contributed by atoms with E-state index < -0.39 is 0 Å². The van der Waals surface area contributed by atoms with Crippen molar-refractivity contribution in [3.63, 3.8) is 0 Å². The fraction of sp³-hybridized carbons (Fsp3) is 0.533. The Morgan fingerprint density at radius 3 is 2.65 bits per heavy atom. The lowest BCUT2D eigenvalue weighted by atomic mass is 10.0. The van der Waals surface area contributed by atoms with Crippen molar-refractivity contribution in [2.24, 2.45) is 0 Å². The Balaban J connectivity index is 2.02. The van der Waals surface area contributed by atoms with E-state index in [9.17, 15) is 4.79 Å². The van der Waals surface area contributed by atoms with Crippen LogP contribution in [0, 0.1) is 6.92 Å². The minimum Gasteiger partial charge on any atom is -0.293 e. The van der Waals surface area contributed by atoms with E-state index in [0.29, 0.717) is 12.6 Å². The van der Waals surface area contributed by atoms with Gasteiger partial charge in [0, 0.05) is 11.6 Å². The van der Waals surface area contributed by atoms with Crippen molar-refractivity contribution in [2.45, 2.75) is 39.2 Å². The lowest BCUT2D eigenvalue weighted by Gasteiger charge is -2.20. The van der Waals surface area contributed by atoms with Crippen LogP contribution in [0.1, 0.15) is 42.1 Å². The summed E-state index contributed by atoms with van der Waals surface area (Å²) in [6.07, 6.45) is 3.65. The summed E-state index contributed by atoms with van der Waals surface area (Å²) in [4.78, 5) is 14.6. The van der Waals surface area contributed by atoms with E-state index in [-0.39, 0.29) is 5.78 Å². The molecular formula is C15H21NO. The molecule has 92 valence electrons. The van der Waals surface area contributed by atoms with Crippen molar-refractivity contribution in [2.75, 3.05) is 13.1 Å². The average molecular weight is 231 g/mol. The minimum absolute atomic E-state index is 0.267. The molecule has 0 saturated heterocycles. The van der Waals surface area contributed by atoms with Crippen molar-refractivity contribution in [1.29, 1.82) is 0 Å². The number of hydrogen-bond acceptors (Lipinski definition) is 2. The van der Waals surface area contributed by atoms with Gasteiger partial charge in [0.2, 0.25) is 0 Å². The molecule has 0 amide bonds. The van der Waals surface area contributed by atoms with E-state index in [2.05, 4.69) is 11.8 Å². The first-order valence-corrected chi connectivity index (χ1v) is 6.55. The normalized spacial score (nSPS) is 15.2. The molecular weight excluding hydrogens is 210 g/mol. The summed E-state index contributed by atoms with van der Waals surface area (Å²) in [6, 6.07) is 8.55. The number of Topliss-reactive ketones (excluding diaryl/α,β-unsaturated/α-hetero) is 1. The summed E-state index contributed by atoms with van der Waals surface area (Å²) < 4.78 is 0. The number of carbonyl (C=O) groups excluding carboxylic acids is 1. The summed E-state index contributed by atoms with van der Waals surface area (Å²) in [5.41, 5.74) is 1.97. The smallest absolute Gasteiger partial charge is 0.177 e. The van der Waals surface area contributed by atoms with E-state index >= 15 is 0 Å². The Labute approximate surface area is 104 Å². The molecule has 1 aromatic rings. The van der Waals surface area contributed by atoms with Crippen molar-refractivity contribution < 1.29 is 4.79 Å². The molecule has 1 aromatic carbocycles. The van der Waals surface area contributed by atoms with Crippen LogP contribution < -0.4 is 0 Å². The van der Waals surface area contributed by atoms with E-state index in [1.165, 1.54) is 12.8 Å². The topological polar surface area (TPSA) is 20.3 Å². The van der Waals surface area contributed by atoms with E-state index in [4.69, 9.17) is 0 Å². The molecule has 0 N–H and O–H groups in total. The number of nitrogens with zero attached hydrogens (tertiary/aromatic N) is 1. The second-order valence-electron chi connectivity index (χ2n) is 4.94. The zero-order chi connectivity index (χ0) is 12.3. The van der Waals surface area contributed by atoms with Crippen LogP contribution in [-0.2, 0) is 0 Å². The molecule has 0 aliphatic heterocycles. The predicted molar refractivity (Wildman–Crippen MR) is 70.4 cm³/mol. The predicted octanol–water partition coefficient (Wildman–Crippen LogP) is 3.05. The standard InChI is InChI=1S/C15H21NO/c1-3-10-16(13-8-9-13)11-15(17)14-7-5-4-6-12(14)2/h4-7,13H,3,8-11H2,1-2H3. The van der Waals surface area contributed by atoms with Gasteiger partial charge in [0.25, 0.3) is 0 Å². The third kappa shape index (κ3) is 3.16. The Morgan fingerprint density at radius 2 is 2.06 bits per heavy atom. The van der Waals surface area contributed by atoms with Gasteiger partial charge in [0.05, 0.1) is 6.54 Å². The van der Waals surface area contributed by atoms with Gasteiger partial charge in [-0.15, -0.1) is 0 Å². The van der Waals surface area contributed by atoms with E-state index in [1.54, 1.807) is 0 Å². The summed E-state index contributed by atoms with van der Waals surface area (Å²) in [7, 11) is 0. The SMILES string of the molecule is CCCN(CC(=O)c1ccccc1C)C1CC1. The fourth-order valence-corrected chi connectivity index (χ4v) is 2.27. The highest BCUT2D eigenvalue weighted by atomic mass is 16.1. The third-order valence-electron chi connectivity index (χ3n) is 3.37. The monoisotopic (exact) mass is 231 g/mol. The van der Waals surface area contributed by atoms with Gasteiger partial charge in [-0.2, -0.15) is 0 Å². The van der Waals surface area contributed by atoms with Crippen LogP contribution in [0.25, 0.3) is 0 Å². The molecule has 0 spiro atoms. The van der Waals surface area contributed by atoms with Crippen LogP contribution >= 0.6 is 0 Å². The van der Waals surface area contributed by atoms with Gasteiger partial charge in [0.1, 0.15) is 0 Å². The van der Waals surface area contributed by atoms with Crippen LogP contribution in [-0.4, -0.2) is 29.8 Å². The van der Waals surface area contributed by atoms with Gasteiger partial charge in [-0.1, -0.05) is 31.2 Å². The van der Waals surface area contributed by atoms with E-state index in [1.807, 2.05) is 31.2 Å². The van der Waals surface area contributed by atoms with Crippen molar-refractivity contribution in [3.05, 3.63) is 35.4 Å². The molecule has 0 heterocycles. The molecule has 2 heteroatoms. The zero-order valence-corrected chi connectivity index (χ0v) is 10.8. The van der Waals surface area contributed by atoms with Crippen LogP contribution in [0.5, 0.6) is 0 Å². The molecule has 2 rings (SSSR count). The quantitative estimate of drug-likeness (QED) is 0.701. The molecule has 0 radical (unpaired) electrons. The number of ketones is 1. The Morgan fingerprint density at radius 1 is 1.35 bits per heavy atom. The lowest BCUT2D eigenvalue weighted by molar-refractivity contribution is 0.0924. The maximum absolute atomic E-state index is 12.2. The van der Waals surface area contributed by atoms with Gasteiger partial charge in [0.15, 0.2) is 5.78 Å². The highest BCUT2D eigenvalue weighted by Crippen LogP contribution is 2.27. The number of rotatable bonds is 6. The van der Waals surface area contributed by atoms with Crippen LogP contribution in [0.2, 0.25) is 0 Å². The van der Waals surface area contributed by atoms with Crippen LogP contribution in [0.15, 0.2) is 24.3 Å². The Kier molecular flexibility index (Phi) is 3.95. The molecule has 1 aliphatic carbocycles. The van der Waals surface area contributed by atoms with Crippen LogP contribution in [0.4, 0.5) is 0 Å².